The summed E-state index contributed by atoms with van der Waals surface area (Å²) in [6.07, 6.45) is 4.04. The van der Waals surface area contributed by atoms with E-state index in [1.54, 1.807) is 36.4 Å². The third-order valence-electron chi connectivity index (χ3n) is 5.03. The zero-order valence-electron chi connectivity index (χ0n) is 16.7. The van der Waals surface area contributed by atoms with Crippen LogP contribution in [0.15, 0.2) is 42.7 Å². The SMILES string of the molecule is Cc1ccc(C(=O)N2CCc3c(nc(-c4cccnc4)nc3N(C)C)C2)c(F)c1. The molecule has 0 saturated heterocycles. The number of carbonyl (C=O) groups is 1. The Hall–Kier alpha value is -3.35. The Morgan fingerprint density at radius 3 is 2.72 bits per heavy atom. The average molecular weight is 391 g/mol. The van der Waals surface area contributed by atoms with Crippen LogP contribution in [0.4, 0.5) is 10.2 Å². The van der Waals surface area contributed by atoms with Crippen LogP contribution in [0.2, 0.25) is 0 Å². The minimum Gasteiger partial charge on any atom is -0.362 e. The summed E-state index contributed by atoms with van der Waals surface area (Å²) >= 11 is 0. The van der Waals surface area contributed by atoms with Gasteiger partial charge in [0.15, 0.2) is 5.82 Å². The molecule has 0 atom stereocenters. The number of anilines is 1. The van der Waals surface area contributed by atoms with E-state index in [1.165, 1.54) is 6.07 Å². The highest BCUT2D eigenvalue weighted by Gasteiger charge is 2.28. The van der Waals surface area contributed by atoms with Crippen LogP contribution in [0.5, 0.6) is 0 Å². The number of amides is 1. The molecule has 1 amide bonds. The number of hydrogen-bond acceptors (Lipinski definition) is 5. The molecular formula is C22H22FN5O. The third kappa shape index (κ3) is 3.68. The number of pyridine rings is 1. The van der Waals surface area contributed by atoms with E-state index in [0.717, 1.165) is 28.2 Å². The molecule has 7 heteroatoms. The fraction of sp³-hybridized carbons (Fsp3) is 0.273. The number of fused-ring (bicyclic) bond motifs is 1. The van der Waals surface area contributed by atoms with E-state index in [-0.39, 0.29) is 11.5 Å². The fourth-order valence-corrected chi connectivity index (χ4v) is 3.54. The zero-order chi connectivity index (χ0) is 20.5. The lowest BCUT2D eigenvalue weighted by Gasteiger charge is -2.31. The second kappa shape index (κ2) is 7.58. The molecule has 0 bridgehead atoms. The number of hydrogen-bond donors (Lipinski definition) is 0. The molecule has 0 saturated carbocycles. The lowest BCUT2D eigenvalue weighted by atomic mass is 10.0. The Morgan fingerprint density at radius 2 is 2.03 bits per heavy atom. The predicted octanol–water partition coefficient (Wildman–Crippen LogP) is 3.25. The van der Waals surface area contributed by atoms with Gasteiger partial charge in [0.25, 0.3) is 5.91 Å². The van der Waals surface area contributed by atoms with Gasteiger partial charge in [0, 0.05) is 44.2 Å². The third-order valence-corrected chi connectivity index (χ3v) is 5.03. The van der Waals surface area contributed by atoms with E-state index >= 15 is 0 Å². The summed E-state index contributed by atoms with van der Waals surface area (Å²) in [6.45, 7) is 2.61. The van der Waals surface area contributed by atoms with Gasteiger partial charge < -0.3 is 9.80 Å². The van der Waals surface area contributed by atoms with E-state index in [4.69, 9.17) is 9.97 Å². The van der Waals surface area contributed by atoms with E-state index in [9.17, 15) is 9.18 Å². The van der Waals surface area contributed by atoms with E-state index < -0.39 is 5.82 Å². The normalized spacial score (nSPS) is 13.2. The first-order valence-electron chi connectivity index (χ1n) is 9.47. The molecule has 1 aliphatic rings. The summed E-state index contributed by atoms with van der Waals surface area (Å²) in [5.41, 5.74) is 3.50. The van der Waals surface area contributed by atoms with Crippen LogP contribution in [-0.4, -0.2) is 46.4 Å². The minimum atomic E-state index is -0.492. The number of benzene rings is 1. The van der Waals surface area contributed by atoms with Crippen LogP contribution >= 0.6 is 0 Å². The number of rotatable bonds is 3. The van der Waals surface area contributed by atoms with Gasteiger partial charge in [0.2, 0.25) is 0 Å². The van der Waals surface area contributed by atoms with Crippen LogP contribution in [-0.2, 0) is 13.0 Å². The molecule has 0 N–H and O–H groups in total. The second-order valence-corrected chi connectivity index (χ2v) is 7.39. The molecule has 0 fully saturated rings. The second-order valence-electron chi connectivity index (χ2n) is 7.39. The number of halogens is 1. The summed E-state index contributed by atoms with van der Waals surface area (Å²) < 4.78 is 14.3. The summed E-state index contributed by atoms with van der Waals surface area (Å²) in [5.74, 6) is 0.591. The number of nitrogens with zero attached hydrogens (tertiary/aromatic N) is 5. The molecular weight excluding hydrogens is 369 g/mol. The van der Waals surface area contributed by atoms with Gasteiger partial charge in [-0.1, -0.05) is 6.07 Å². The molecule has 0 aliphatic carbocycles. The Kier molecular flexibility index (Phi) is 4.96. The van der Waals surface area contributed by atoms with Crippen LogP contribution < -0.4 is 4.90 Å². The van der Waals surface area contributed by atoms with Gasteiger partial charge in [-0.15, -0.1) is 0 Å². The van der Waals surface area contributed by atoms with Crippen LogP contribution in [0.25, 0.3) is 11.4 Å². The number of aromatic nitrogens is 3. The highest BCUT2D eigenvalue weighted by Crippen LogP contribution is 2.29. The quantitative estimate of drug-likeness (QED) is 0.686. The van der Waals surface area contributed by atoms with Gasteiger partial charge >= 0.3 is 0 Å². The minimum absolute atomic E-state index is 0.0911. The molecule has 6 nitrogen and oxygen atoms in total. The summed E-state index contributed by atoms with van der Waals surface area (Å²) in [7, 11) is 3.88. The maximum Gasteiger partial charge on any atom is 0.257 e. The van der Waals surface area contributed by atoms with Crippen molar-refractivity contribution < 1.29 is 9.18 Å². The highest BCUT2D eigenvalue weighted by atomic mass is 19.1. The highest BCUT2D eigenvalue weighted by molar-refractivity contribution is 5.94. The maximum atomic E-state index is 14.3. The largest absolute Gasteiger partial charge is 0.362 e. The molecule has 2 aromatic heterocycles. The Balaban J connectivity index is 1.71. The molecule has 1 aliphatic heterocycles. The van der Waals surface area contributed by atoms with Crippen LogP contribution in [0.3, 0.4) is 0 Å². The van der Waals surface area contributed by atoms with Gasteiger partial charge in [-0.25, -0.2) is 14.4 Å². The predicted molar refractivity (Wildman–Crippen MR) is 109 cm³/mol. The Morgan fingerprint density at radius 1 is 1.21 bits per heavy atom. The lowest BCUT2D eigenvalue weighted by molar-refractivity contribution is 0.0727. The molecule has 0 unspecified atom stereocenters. The van der Waals surface area contributed by atoms with Gasteiger partial charge in [-0.05, 0) is 43.2 Å². The Labute approximate surface area is 169 Å². The standard InChI is InChI=1S/C22H22FN5O/c1-14-6-7-16(18(23)11-14)22(29)28-10-8-17-19(13-28)25-20(26-21(17)27(2)3)15-5-4-9-24-12-15/h4-7,9,11-12H,8,10,13H2,1-3H3. The number of aryl methyl sites for hydroxylation is 1. The summed E-state index contributed by atoms with van der Waals surface area (Å²) in [5, 5.41) is 0. The maximum absolute atomic E-state index is 14.3. The molecule has 0 radical (unpaired) electrons. The van der Waals surface area contributed by atoms with Crippen LogP contribution in [0, 0.1) is 12.7 Å². The van der Waals surface area contributed by atoms with Gasteiger partial charge in [0.1, 0.15) is 11.6 Å². The van der Waals surface area contributed by atoms with Crippen molar-refractivity contribution in [1.29, 1.82) is 0 Å². The number of carbonyl (C=O) groups excluding carboxylic acids is 1. The van der Waals surface area contributed by atoms with E-state index in [2.05, 4.69) is 4.98 Å². The van der Waals surface area contributed by atoms with Crippen LogP contribution in [0.1, 0.15) is 27.2 Å². The molecule has 3 aromatic rings. The average Bonchev–Trinajstić information content (AvgIpc) is 2.72. The molecule has 3 heterocycles. The van der Waals surface area contributed by atoms with E-state index in [1.807, 2.05) is 31.1 Å². The van der Waals surface area contributed by atoms with E-state index in [0.29, 0.717) is 25.3 Å². The summed E-state index contributed by atoms with van der Waals surface area (Å²) in [6, 6.07) is 8.43. The first-order valence-corrected chi connectivity index (χ1v) is 9.47. The monoisotopic (exact) mass is 391 g/mol. The van der Waals surface area contributed by atoms with Crippen molar-refractivity contribution in [2.45, 2.75) is 19.9 Å². The molecule has 29 heavy (non-hydrogen) atoms. The molecule has 1 aromatic carbocycles. The van der Waals surface area contributed by atoms with Crippen molar-refractivity contribution in [2.75, 3.05) is 25.5 Å². The van der Waals surface area contributed by atoms with Crippen molar-refractivity contribution in [2.24, 2.45) is 0 Å². The molecule has 4 rings (SSSR count). The van der Waals surface area contributed by atoms with Gasteiger partial charge in [0.05, 0.1) is 17.8 Å². The van der Waals surface area contributed by atoms with Gasteiger partial charge in [-0.2, -0.15) is 0 Å². The Bertz CT molecular complexity index is 1070. The van der Waals surface area contributed by atoms with Crippen molar-refractivity contribution >= 4 is 11.7 Å². The first kappa shape index (κ1) is 19.0. The van der Waals surface area contributed by atoms with Crippen molar-refractivity contribution in [3.8, 4) is 11.4 Å². The zero-order valence-corrected chi connectivity index (χ0v) is 16.7. The fourth-order valence-electron chi connectivity index (χ4n) is 3.54. The lowest BCUT2D eigenvalue weighted by Crippen LogP contribution is -2.38. The van der Waals surface area contributed by atoms with Gasteiger partial charge in [-0.3, -0.25) is 9.78 Å². The van der Waals surface area contributed by atoms with Crippen molar-refractivity contribution in [1.82, 2.24) is 19.9 Å². The van der Waals surface area contributed by atoms with Crippen molar-refractivity contribution in [3.05, 3.63) is 70.9 Å². The van der Waals surface area contributed by atoms with Crippen molar-refractivity contribution in [3.63, 3.8) is 0 Å². The first-order chi connectivity index (χ1) is 13.9. The molecule has 148 valence electrons. The summed E-state index contributed by atoms with van der Waals surface area (Å²) in [4.78, 5) is 30.1. The molecule has 0 spiro atoms. The smallest absolute Gasteiger partial charge is 0.257 e. The topological polar surface area (TPSA) is 62.2 Å².